The van der Waals surface area contributed by atoms with Gasteiger partial charge in [0.1, 0.15) is 0 Å². The molecule has 3 unspecified atom stereocenters. The number of hydrogen-bond acceptors (Lipinski definition) is 2. The molecule has 2 nitrogen and oxygen atoms in total. The second-order valence-electron chi connectivity index (χ2n) is 6.51. The van der Waals surface area contributed by atoms with Gasteiger partial charge in [0.25, 0.3) is 0 Å². The van der Waals surface area contributed by atoms with E-state index in [-0.39, 0.29) is 0 Å². The van der Waals surface area contributed by atoms with Crippen LogP contribution in [0.1, 0.15) is 52.9 Å². The van der Waals surface area contributed by atoms with Crippen LogP contribution in [-0.2, 0) is 0 Å². The van der Waals surface area contributed by atoms with Crippen molar-refractivity contribution in [2.75, 3.05) is 19.6 Å². The first-order valence-corrected chi connectivity index (χ1v) is 7.65. The SMILES string of the molecule is CCN1CCCC(NC2CC(C)CC(C)C2)C1. The molecule has 1 aliphatic heterocycles. The Labute approximate surface area is 107 Å². The fraction of sp³-hybridized carbons (Fsp3) is 1.00. The van der Waals surface area contributed by atoms with Gasteiger partial charge in [0, 0.05) is 18.6 Å². The van der Waals surface area contributed by atoms with Gasteiger partial charge in [-0.25, -0.2) is 0 Å². The van der Waals surface area contributed by atoms with Gasteiger partial charge >= 0.3 is 0 Å². The van der Waals surface area contributed by atoms with Crippen LogP contribution in [0.4, 0.5) is 0 Å². The van der Waals surface area contributed by atoms with Crippen LogP contribution in [-0.4, -0.2) is 36.6 Å². The van der Waals surface area contributed by atoms with E-state index in [2.05, 4.69) is 31.0 Å². The summed E-state index contributed by atoms with van der Waals surface area (Å²) in [6.45, 7) is 10.9. The first-order valence-electron chi connectivity index (χ1n) is 7.65. The Morgan fingerprint density at radius 1 is 1.06 bits per heavy atom. The van der Waals surface area contributed by atoms with E-state index >= 15 is 0 Å². The third kappa shape index (κ3) is 3.96. The molecule has 1 saturated heterocycles. The van der Waals surface area contributed by atoms with Crippen molar-refractivity contribution in [2.45, 2.75) is 65.0 Å². The van der Waals surface area contributed by atoms with Crippen molar-refractivity contribution in [3.63, 3.8) is 0 Å². The minimum atomic E-state index is 0.756. The highest BCUT2D eigenvalue weighted by Crippen LogP contribution is 2.29. The summed E-state index contributed by atoms with van der Waals surface area (Å²) >= 11 is 0. The first-order chi connectivity index (χ1) is 8.17. The third-order valence-corrected chi connectivity index (χ3v) is 4.60. The maximum Gasteiger partial charge on any atom is 0.0198 e. The lowest BCUT2D eigenvalue weighted by Crippen LogP contribution is -2.50. The smallest absolute Gasteiger partial charge is 0.0198 e. The minimum absolute atomic E-state index is 0.756. The highest BCUT2D eigenvalue weighted by atomic mass is 15.2. The van der Waals surface area contributed by atoms with Crippen molar-refractivity contribution in [1.82, 2.24) is 10.2 Å². The van der Waals surface area contributed by atoms with E-state index in [1.807, 2.05) is 0 Å². The van der Waals surface area contributed by atoms with Gasteiger partial charge in [-0.2, -0.15) is 0 Å². The molecule has 0 spiro atoms. The summed E-state index contributed by atoms with van der Waals surface area (Å²) in [6, 6.07) is 1.54. The van der Waals surface area contributed by atoms with E-state index in [1.165, 1.54) is 51.7 Å². The normalized spacial score (nSPS) is 40.4. The highest BCUT2D eigenvalue weighted by Gasteiger charge is 2.27. The van der Waals surface area contributed by atoms with Crippen LogP contribution in [0.3, 0.4) is 0 Å². The van der Waals surface area contributed by atoms with Crippen LogP contribution in [0, 0.1) is 11.8 Å². The van der Waals surface area contributed by atoms with Crippen molar-refractivity contribution < 1.29 is 0 Å². The minimum Gasteiger partial charge on any atom is -0.310 e. The van der Waals surface area contributed by atoms with Gasteiger partial charge in [-0.3, -0.25) is 0 Å². The molecule has 2 rings (SSSR count). The zero-order chi connectivity index (χ0) is 12.3. The van der Waals surface area contributed by atoms with Gasteiger partial charge in [-0.05, 0) is 57.0 Å². The Morgan fingerprint density at radius 3 is 2.41 bits per heavy atom. The standard InChI is InChI=1S/C15H30N2/c1-4-17-7-5-6-14(11-17)16-15-9-12(2)8-13(3)10-15/h12-16H,4-11H2,1-3H3. The lowest BCUT2D eigenvalue weighted by atomic mass is 9.80. The van der Waals surface area contributed by atoms with E-state index in [0.29, 0.717) is 0 Å². The van der Waals surface area contributed by atoms with Crippen molar-refractivity contribution in [3.8, 4) is 0 Å². The molecule has 1 heterocycles. The van der Waals surface area contributed by atoms with Crippen molar-refractivity contribution in [3.05, 3.63) is 0 Å². The van der Waals surface area contributed by atoms with E-state index in [1.54, 1.807) is 0 Å². The number of nitrogens with one attached hydrogen (secondary N) is 1. The van der Waals surface area contributed by atoms with Crippen LogP contribution in [0.25, 0.3) is 0 Å². The Balaban J connectivity index is 1.79. The van der Waals surface area contributed by atoms with Gasteiger partial charge in [-0.1, -0.05) is 20.8 Å². The molecule has 3 atom stereocenters. The molecule has 0 radical (unpaired) electrons. The molecule has 0 bridgehead atoms. The number of nitrogens with zero attached hydrogens (tertiary/aromatic N) is 1. The monoisotopic (exact) mass is 238 g/mol. The molecular formula is C15H30N2. The molecule has 100 valence electrons. The Bertz CT molecular complexity index is 219. The highest BCUT2D eigenvalue weighted by molar-refractivity contribution is 4.85. The number of likely N-dealkylation sites (tertiary alicyclic amines) is 1. The number of piperidine rings is 1. The molecule has 2 fully saturated rings. The van der Waals surface area contributed by atoms with Crippen LogP contribution >= 0.6 is 0 Å². The van der Waals surface area contributed by atoms with Crippen molar-refractivity contribution in [1.29, 1.82) is 0 Å². The van der Waals surface area contributed by atoms with Crippen LogP contribution in [0.2, 0.25) is 0 Å². The quantitative estimate of drug-likeness (QED) is 0.813. The fourth-order valence-corrected chi connectivity index (χ4v) is 3.90. The van der Waals surface area contributed by atoms with Crippen LogP contribution in [0.15, 0.2) is 0 Å². The number of rotatable bonds is 3. The van der Waals surface area contributed by atoms with Crippen LogP contribution < -0.4 is 5.32 Å². The van der Waals surface area contributed by atoms with Crippen LogP contribution in [0.5, 0.6) is 0 Å². The number of hydrogen-bond donors (Lipinski definition) is 1. The van der Waals surface area contributed by atoms with Gasteiger partial charge in [0.05, 0.1) is 0 Å². The summed E-state index contributed by atoms with van der Waals surface area (Å²) in [5, 5.41) is 3.94. The fourth-order valence-electron chi connectivity index (χ4n) is 3.90. The van der Waals surface area contributed by atoms with Gasteiger partial charge in [-0.15, -0.1) is 0 Å². The van der Waals surface area contributed by atoms with E-state index in [0.717, 1.165) is 23.9 Å². The first kappa shape index (κ1) is 13.4. The second-order valence-corrected chi connectivity index (χ2v) is 6.51. The number of likely N-dealkylation sites (N-methyl/N-ethyl adjacent to an activating group) is 1. The largest absolute Gasteiger partial charge is 0.310 e. The molecule has 2 aliphatic rings. The molecule has 17 heavy (non-hydrogen) atoms. The van der Waals surface area contributed by atoms with Gasteiger partial charge < -0.3 is 10.2 Å². The average Bonchev–Trinajstić information content (AvgIpc) is 2.28. The molecule has 2 heteroatoms. The second kappa shape index (κ2) is 6.19. The summed E-state index contributed by atoms with van der Waals surface area (Å²) < 4.78 is 0. The molecule has 0 aromatic carbocycles. The molecular weight excluding hydrogens is 208 g/mol. The summed E-state index contributed by atoms with van der Waals surface area (Å²) in [5.41, 5.74) is 0. The predicted molar refractivity (Wildman–Crippen MR) is 74.2 cm³/mol. The predicted octanol–water partition coefficient (Wildman–Crippen LogP) is 2.89. The molecule has 0 aromatic heterocycles. The van der Waals surface area contributed by atoms with Gasteiger partial charge in [0.2, 0.25) is 0 Å². The maximum atomic E-state index is 3.94. The topological polar surface area (TPSA) is 15.3 Å². The lowest BCUT2D eigenvalue weighted by Gasteiger charge is -2.38. The molecule has 1 saturated carbocycles. The third-order valence-electron chi connectivity index (χ3n) is 4.60. The summed E-state index contributed by atoms with van der Waals surface area (Å²) in [6.07, 6.45) is 6.99. The Kier molecular flexibility index (Phi) is 4.87. The summed E-state index contributed by atoms with van der Waals surface area (Å²) in [7, 11) is 0. The van der Waals surface area contributed by atoms with E-state index in [9.17, 15) is 0 Å². The van der Waals surface area contributed by atoms with E-state index in [4.69, 9.17) is 0 Å². The lowest BCUT2D eigenvalue weighted by molar-refractivity contribution is 0.163. The average molecular weight is 238 g/mol. The summed E-state index contributed by atoms with van der Waals surface area (Å²) in [5.74, 6) is 1.84. The molecule has 0 amide bonds. The maximum absolute atomic E-state index is 3.94. The zero-order valence-electron chi connectivity index (χ0n) is 11.9. The van der Waals surface area contributed by atoms with Crippen molar-refractivity contribution >= 4 is 0 Å². The van der Waals surface area contributed by atoms with Crippen molar-refractivity contribution in [2.24, 2.45) is 11.8 Å². The Morgan fingerprint density at radius 2 is 1.76 bits per heavy atom. The Hall–Kier alpha value is -0.0800. The van der Waals surface area contributed by atoms with E-state index < -0.39 is 0 Å². The molecule has 0 aromatic rings. The summed E-state index contributed by atoms with van der Waals surface area (Å²) in [4.78, 5) is 2.59. The molecule has 1 N–H and O–H groups in total. The zero-order valence-corrected chi connectivity index (χ0v) is 11.9. The van der Waals surface area contributed by atoms with Gasteiger partial charge in [0.15, 0.2) is 0 Å². The molecule has 1 aliphatic carbocycles.